The van der Waals surface area contributed by atoms with Crippen LogP contribution in [-0.2, 0) is 14.3 Å². The second-order valence-electron chi connectivity index (χ2n) is 9.00. The molecule has 37 heavy (non-hydrogen) atoms. The molecule has 202 valence electrons. The summed E-state index contributed by atoms with van der Waals surface area (Å²) in [5.74, 6) is -1.96. The molecular formula is C25H29F4N3O3S2. The minimum absolute atomic E-state index is 0.0280. The molecule has 6 nitrogen and oxygen atoms in total. The number of alkyl halides is 1. The number of ether oxygens (including phenoxy) is 2. The third-order valence-corrected chi connectivity index (χ3v) is 7.92. The van der Waals surface area contributed by atoms with Crippen molar-refractivity contribution in [3.63, 3.8) is 0 Å². The Morgan fingerprint density at radius 2 is 1.81 bits per heavy atom. The molecule has 0 aliphatic carbocycles. The minimum atomic E-state index is -0.968. The molecule has 3 aliphatic heterocycles. The van der Waals surface area contributed by atoms with E-state index in [4.69, 9.17) is 9.47 Å². The normalized spacial score (nSPS) is 22.8. The van der Waals surface area contributed by atoms with Crippen LogP contribution in [0.1, 0.15) is 6.42 Å². The smallest absolute Gasteiger partial charge is 0.265 e. The van der Waals surface area contributed by atoms with Gasteiger partial charge in [-0.1, -0.05) is 0 Å². The first kappa shape index (κ1) is 28.0. The number of rotatable bonds is 9. The van der Waals surface area contributed by atoms with Crippen molar-refractivity contribution in [1.82, 2.24) is 9.62 Å². The van der Waals surface area contributed by atoms with Crippen LogP contribution in [0.25, 0.3) is 0 Å². The maximum Gasteiger partial charge on any atom is 0.265 e. The minimum Gasteiger partial charge on any atom is -0.380 e. The van der Waals surface area contributed by atoms with Crippen LogP contribution >= 0.6 is 23.7 Å². The predicted molar refractivity (Wildman–Crippen MR) is 136 cm³/mol. The summed E-state index contributed by atoms with van der Waals surface area (Å²) >= 11 is 2.46. The lowest BCUT2D eigenvalue weighted by Gasteiger charge is -2.40. The third kappa shape index (κ3) is 6.91. The summed E-state index contributed by atoms with van der Waals surface area (Å²) in [5, 5.41) is 2.75. The highest BCUT2D eigenvalue weighted by molar-refractivity contribution is 7.98. The number of amides is 1. The Hall–Kier alpha value is -1.99. The molecule has 1 unspecified atom stereocenters. The van der Waals surface area contributed by atoms with Crippen molar-refractivity contribution < 1.29 is 31.8 Å². The number of hydrogen-bond donors (Lipinski definition) is 2. The molecule has 0 bridgehead atoms. The number of halogens is 4. The monoisotopic (exact) mass is 559 g/mol. The van der Waals surface area contributed by atoms with Crippen LogP contribution in [0.2, 0.25) is 0 Å². The van der Waals surface area contributed by atoms with Crippen LogP contribution < -0.4 is 10.0 Å². The number of fused-ring (bicyclic) bond motifs is 1. The average molecular weight is 560 g/mol. The maximum atomic E-state index is 14.3. The first-order valence-electron chi connectivity index (χ1n) is 11.9. The number of nitrogens with zero attached hydrogens (tertiary/aromatic N) is 1. The van der Waals surface area contributed by atoms with Crippen LogP contribution in [0, 0.1) is 23.4 Å². The van der Waals surface area contributed by atoms with E-state index < -0.39 is 23.4 Å². The fourth-order valence-corrected chi connectivity index (χ4v) is 5.28. The van der Waals surface area contributed by atoms with Gasteiger partial charge in [-0.2, -0.15) is 0 Å². The van der Waals surface area contributed by atoms with E-state index in [-0.39, 0.29) is 34.8 Å². The summed E-state index contributed by atoms with van der Waals surface area (Å²) in [6, 6.07) is 8.79. The Bertz CT molecular complexity index is 1050. The van der Waals surface area contributed by atoms with Gasteiger partial charge in [0.2, 0.25) is 0 Å². The van der Waals surface area contributed by atoms with Crippen molar-refractivity contribution >= 4 is 35.3 Å². The Kier molecular flexibility index (Phi) is 9.62. The van der Waals surface area contributed by atoms with Crippen molar-refractivity contribution in [2.75, 3.05) is 57.6 Å². The molecule has 3 saturated heterocycles. The van der Waals surface area contributed by atoms with Gasteiger partial charge in [0.1, 0.15) is 29.3 Å². The molecule has 3 fully saturated rings. The molecule has 5 rings (SSSR count). The van der Waals surface area contributed by atoms with Gasteiger partial charge in [-0.15, -0.1) is 11.8 Å². The van der Waals surface area contributed by atoms with E-state index >= 15 is 0 Å². The van der Waals surface area contributed by atoms with Crippen LogP contribution in [-0.4, -0.2) is 74.8 Å². The molecular weight excluding hydrogens is 530 g/mol. The quantitative estimate of drug-likeness (QED) is 0.203. The standard InChI is InChI=1S/C18H22F3N3O3S.C7H7FS/c19-12-6-24(7-12)3-1-2-22-16-14(20)4-13(5-15(16)21)28-23-17(25)18-10-26-8-11(18)9-27-18;1-9-7-4-2-6(8)3-5-7/h4-5,11-12,22H,1-3,6-10H2,(H,23,25);2-5H,1H3/t11-,18?;/m0./s1. The highest BCUT2D eigenvalue weighted by atomic mass is 32.2. The van der Waals surface area contributed by atoms with Gasteiger partial charge in [0.25, 0.3) is 5.91 Å². The number of hydrogen-bond acceptors (Lipinski definition) is 7. The second-order valence-corrected chi connectivity index (χ2v) is 10.8. The Balaban J connectivity index is 0.000000301. The van der Waals surface area contributed by atoms with E-state index in [1.54, 1.807) is 23.9 Å². The topological polar surface area (TPSA) is 62.8 Å². The predicted octanol–water partition coefficient (Wildman–Crippen LogP) is 4.51. The molecule has 0 aromatic heterocycles. The molecule has 1 amide bonds. The van der Waals surface area contributed by atoms with Crippen molar-refractivity contribution in [3.05, 3.63) is 53.8 Å². The highest BCUT2D eigenvalue weighted by Gasteiger charge is 2.58. The Morgan fingerprint density at radius 1 is 1.11 bits per heavy atom. The second kappa shape index (κ2) is 12.7. The summed E-state index contributed by atoms with van der Waals surface area (Å²) in [6.45, 7) is 3.08. The van der Waals surface area contributed by atoms with Crippen molar-refractivity contribution in [3.8, 4) is 0 Å². The molecule has 2 atom stereocenters. The fraction of sp³-hybridized carbons (Fsp3) is 0.480. The lowest BCUT2D eigenvalue weighted by atomic mass is 9.85. The summed E-state index contributed by atoms with van der Waals surface area (Å²) in [5.41, 5.74) is -1.17. The molecule has 3 aliphatic rings. The van der Waals surface area contributed by atoms with Gasteiger partial charge in [0, 0.05) is 41.9 Å². The summed E-state index contributed by atoms with van der Waals surface area (Å²) in [7, 11) is 0. The van der Waals surface area contributed by atoms with E-state index in [1.807, 2.05) is 11.2 Å². The van der Waals surface area contributed by atoms with Crippen LogP contribution in [0.3, 0.4) is 0 Å². The molecule has 0 saturated carbocycles. The summed E-state index contributed by atoms with van der Waals surface area (Å²) in [6.07, 6.45) is 1.87. The fourth-order valence-electron chi connectivity index (χ4n) is 4.16. The Labute approximate surface area is 222 Å². The largest absolute Gasteiger partial charge is 0.380 e. The average Bonchev–Trinajstić information content (AvgIpc) is 3.15. The van der Waals surface area contributed by atoms with Crippen molar-refractivity contribution in [2.24, 2.45) is 5.92 Å². The van der Waals surface area contributed by atoms with Gasteiger partial charge in [0.05, 0.1) is 19.8 Å². The molecule has 0 spiro atoms. The first-order chi connectivity index (χ1) is 17.8. The molecule has 0 radical (unpaired) electrons. The molecule has 2 N–H and O–H groups in total. The molecule has 2 aromatic carbocycles. The third-order valence-electron chi connectivity index (χ3n) is 6.41. The van der Waals surface area contributed by atoms with Crippen molar-refractivity contribution in [1.29, 1.82) is 0 Å². The number of anilines is 1. The van der Waals surface area contributed by atoms with E-state index in [9.17, 15) is 22.4 Å². The zero-order chi connectivity index (χ0) is 26.4. The summed E-state index contributed by atoms with van der Waals surface area (Å²) in [4.78, 5) is 15.6. The number of carbonyl (C=O) groups is 1. The lowest BCUT2D eigenvalue weighted by molar-refractivity contribution is -0.189. The van der Waals surface area contributed by atoms with Gasteiger partial charge in [-0.3, -0.25) is 14.4 Å². The van der Waals surface area contributed by atoms with E-state index in [0.29, 0.717) is 45.8 Å². The number of likely N-dealkylation sites (tertiary alicyclic amines) is 1. The van der Waals surface area contributed by atoms with Crippen LogP contribution in [0.15, 0.2) is 46.2 Å². The first-order valence-corrected chi connectivity index (χ1v) is 13.9. The maximum absolute atomic E-state index is 14.3. The zero-order valence-corrected chi connectivity index (χ0v) is 21.9. The van der Waals surface area contributed by atoms with Crippen molar-refractivity contribution in [2.45, 2.75) is 28.0 Å². The lowest BCUT2D eigenvalue weighted by Crippen LogP contribution is -2.61. The van der Waals surface area contributed by atoms with Gasteiger partial charge >= 0.3 is 0 Å². The zero-order valence-electron chi connectivity index (χ0n) is 20.3. The van der Waals surface area contributed by atoms with Crippen LogP contribution in [0.4, 0.5) is 23.2 Å². The SMILES string of the molecule is CSc1ccc(F)cc1.O=C(NSc1cc(F)c(NCCCN2CC(F)C2)c(F)c1)C12COC[C@H]1CO2. The van der Waals surface area contributed by atoms with E-state index in [0.717, 1.165) is 16.8 Å². The number of carbonyl (C=O) groups excluding carboxylic acids is 1. The molecule has 3 heterocycles. The van der Waals surface area contributed by atoms with Gasteiger partial charge < -0.3 is 14.8 Å². The van der Waals surface area contributed by atoms with E-state index in [1.165, 1.54) is 24.3 Å². The van der Waals surface area contributed by atoms with E-state index in [2.05, 4.69) is 10.0 Å². The number of nitrogens with one attached hydrogen (secondary N) is 2. The highest BCUT2D eigenvalue weighted by Crippen LogP contribution is 2.39. The number of thioether (sulfide) groups is 1. The van der Waals surface area contributed by atoms with Gasteiger partial charge in [-0.25, -0.2) is 17.6 Å². The van der Waals surface area contributed by atoms with Crippen LogP contribution in [0.5, 0.6) is 0 Å². The molecule has 2 aromatic rings. The molecule has 12 heteroatoms. The summed E-state index contributed by atoms with van der Waals surface area (Å²) < 4.78 is 66.8. The van der Waals surface area contributed by atoms with Gasteiger partial charge in [-0.05, 0) is 61.0 Å². The Morgan fingerprint density at radius 3 is 2.38 bits per heavy atom. The van der Waals surface area contributed by atoms with Gasteiger partial charge in [0.15, 0.2) is 5.60 Å². The number of benzene rings is 2.